The molecule has 0 atom stereocenters. The van der Waals surface area contributed by atoms with E-state index < -0.39 is 5.91 Å². The van der Waals surface area contributed by atoms with Crippen molar-refractivity contribution in [3.05, 3.63) is 53.6 Å². The number of hydrogen-bond donors (Lipinski definition) is 2. The molecule has 2 amide bonds. The first-order valence-corrected chi connectivity index (χ1v) is 7.27. The average Bonchev–Trinajstić information content (AvgIpc) is 2.63. The Morgan fingerprint density at radius 2 is 2.04 bits per heavy atom. The number of methoxy groups -OCH3 is 1. The molecule has 124 valence electrons. The van der Waals surface area contributed by atoms with Crippen LogP contribution in [-0.2, 0) is 11.3 Å². The van der Waals surface area contributed by atoms with E-state index in [1.807, 2.05) is 24.3 Å². The van der Waals surface area contributed by atoms with E-state index in [0.717, 1.165) is 11.3 Å². The largest absolute Gasteiger partial charge is 0.497 e. The number of hydroxylamine groups is 1. The third-order valence-corrected chi connectivity index (χ3v) is 3.77. The molecule has 0 saturated heterocycles. The van der Waals surface area contributed by atoms with Crippen molar-refractivity contribution in [3.63, 3.8) is 0 Å². The van der Waals surface area contributed by atoms with Gasteiger partial charge in [0.25, 0.3) is 11.8 Å². The number of nitrogens with zero attached hydrogens (tertiary/aromatic N) is 1. The minimum Gasteiger partial charge on any atom is -0.497 e. The molecule has 0 saturated carbocycles. The van der Waals surface area contributed by atoms with Gasteiger partial charge in [-0.05, 0) is 35.9 Å². The number of fused-ring (bicyclic) bond motifs is 1. The number of ether oxygens (including phenoxy) is 2. The van der Waals surface area contributed by atoms with E-state index in [9.17, 15) is 9.59 Å². The van der Waals surface area contributed by atoms with E-state index >= 15 is 0 Å². The Balaban J connectivity index is 1.92. The van der Waals surface area contributed by atoms with Gasteiger partial charge in [0.1, 0.15) is 11.5 Å². The molecule has 3 rings (SSSR count). The van der Waals surface area contributed by atoms with E-state index in [2.05, 4.69) is 0 Å². The summed E-state index contributed by atoms with van der Waals surface area (Å²) in [5.41, 5.74) is 3.21. The summed E-state index contributed by atoms with van der Waals surface area (Å²) < 4.78 is 10.5. The Morgan fingerprint density at radius 1 is 1.29 bits per heavy atom. The van der Waals surface area contributed by atoms with Gasteiger partial charge in [0.15, 0.2) is 6.61 Å². The smallest absolute Gasteiger partial charge is 0.274 e. The summed E-state index contributed by atoms with van der Waals surface area (Å²) in [6.45, 7) is 0.276. The summed E-state index contributed by atoms with van der Waals surface area (Å²) in [7, 11) is 1.59. The van der Waals surface area contributed by atoms with Gasteiger partial charge in [0.2, 0.25) is 0 Å². The molecule has 2 aromatic rings. The summed E-state index contributed by atoms with van der Waals surface area (Å²) in [5.74, 6) is 0.382. The molecule has 7 nitrogen and oxygen atoms in total. The minimum absolute atomic E-state index is 0.0608. The van der Waals surface area contributed by atoms with Gasteiger partial charge >= 0.3 is 0 Å². The van der Waals surface area contributed by atoms with E-state index in [1.165, 1.54) is 12.1 Å². The maximum absolute atomic E-state index is 12.3. The van der Waals surface area contributed by atoms with Gasteiger partial charge in [-0.3, -0.25) is 14.8 Å². The molecule has 24 heavy (non-hydrogen) atoms. The molecule has 0 unspecified atom stereocenters. The molecule has 0 radical (unpaired) electrons. The zero-order valence-corrected chi connectivity index (χ0v) is 13.0. The molecule has 2 N–H and O–H groups in total. The van der Waals surface area contributed by atoms with Crippen LogP contribution in [0.2, 0.25) is 0 Å². The lowest BCUT2D eigenvalue weighted by molar-refractivity contribution is -0.121. The van der Waals surface area contributed by atoms with E-state index in [0.29, 0.717) is 18.0 Å². The van der Waals surface area contributed by atoms with Crippen molar-refractivity contribution in [2.75, 3.05) is 18.6 Å². The van der Waals surface area contributed by atoms with Crippen LogP contribution in [0.25, 0.3) is 0 Å². The van der Waals surface area contributed by atoms with Gasteiger partial charge in [-0.1, -0.05) is 12.1 Å². The maximum atomic E-state index is 12.3. The van der Waals surface area contributed by atoms with Crippen LogP contribution >= 0.6 is 0 Å². The summed E-state index contributed by atoms with van der Waals surface area (Å²) in [6.07, 6.45) is 0. The van der Waals surface area contributed by atoms with Crippen LogP contribution in [0.1, 0.15) is 15.9 Å². The average molecular weight is 328 g/mol. The van der Waals surface area contributed by atoms with Crippen molar-refractivity contribution in [1.82, 2.24) is 5.48 Å². The molecule has 0 bridgehead atoms. The number of hydrogen-bond acceptors (Lipinski definition) is 5. The summed E-state index contributed by atoms with van der Waals surface area (Å²) in [6, 6.07) is 12.0. The number of carbonyl (C=O) groups is 2. The number of rotatable bonds is 4. The first-order valence-electron chi connectivity index (χ1n) is 7.27. The number of benzene rings is 2. The van der Waals surface area contributed by atoms with Gasteiger partial charge in [0.05, 0.1) is 19.3 Å². The Labute approximate surface area is 138 Å². The third-order valence-electron chi connectivity index (χ3n) is 3.77. The molecule has 1 aliphatic heterocycles. The first kappa shape index (κ1) is 15.8. The third kappa shape index (κ3) is 3.02. The lowest BCUT2D eigenvalue weighted by Gasteiger charge is -2.29. The summed E-state index contributed by atoms with van der Waals surface area (Å²) in [5, 5.41) is 8.77. The monoisotopic (exact) mass is 328 g/mol. The molecule has 1 heterocycles. The van der Waals surface area contributed by atoms with Gasteiger partial charge in [0, 0.05) is 5.56 Å². The Morgan fingerprint density at radius 3 is 2.71 bits per heavy atom. The van der Waals surface area contributed by atoms with Crippen LogP contribution in [0.3, 0.4) is 0 Å². The van der Waals surface area contributed by atoms with E-state index in [1.54, 1.807) is 23.6 Å². The molecule has 0 aromatic heterocycles. The lowest BCUT2D eigenvalue weighted by Crippen LogP contribution is -2.38. The fraction of sp³-hybridized carbons (Fsp3) is 0.176. The number of carbonyl (C=O) groups excluding carboxylic acids is 2. The predicted molar refractivity (Wildman–Crippen MR) is 85.4 cm³/mol. The van der Waals surface area contributed by atoms with E-state index in [-0.39, 0.29) is 18.1 Å². The summed E-state index contributed by atoms with van der Waals surface area (Å²) >= 11 is 0. The molecular formula is C17H16N2O5. The van der Waals surface area contributed by atoms with Crippen molar-refractivity contribution in [2.24, 2.45) is 0 Å². The molecule has 0 spiro atoms. The van der Waals surface area contributed by atoms with Crippen molar-refractivity contribution in [1.29, 1.82) is 0 Å². The lowest BCUT2D eigenvalue weighted by atomic mass is 10.1. The predicted octanol–water partition coefficient (Wildman–Crippen LogP) is 1.74. The number of amides is 2. The van der Waals surface area contributed by atoms with Crippen molar-refractivity contribution >= 4 is 17.5 Å². The van der Waals surface area contributed by atoms with Gasteiger partial charge in [-0.15, -0.1) is 0 Å². The SMILES string of the molecule is COc1ccc(CN2C(=O)COc3ccc(C(=O)NO)cc32)cc1. The molecule has 0 fully saturated rings. The maximum Gasteiger partial charge on any atom is 0.274 e. The van der Waals surface area contributed by atoms with Crippen LogP contribution in [-0.4, -0.2) is 30.7 Å². The second kappa shape index (κ2) is 6.59. The van der Waals surface area contributed by atoms with Gasteiger partial charge in [-0.25, -0.2) is 5.48 Å². The second-order valence-corrected chi connectivity index (χ2v) is 5.24. The Bertz CT molecular complexity index is 773. The molecule has 7 heteroatoms. The topological polar surface area (TPSA) is 88.1 Å². The highest BCUT2D eigenvalue weighted by Crippen LogP contribution is 2.34. The van der Waals surface area contributed by atoms with Crippen LogP contribution in [0.15, 0.2) is 42.5 Å². The number of anilines is 1. The fourth-order valence-corrected chi connectivity index (χ4v) is 2.49. The van der Waals surface area contributed by atoms with Gasteiger partial charge in [-0.2, -0.15) is 0 Å². The molecule has 1 aliphatic rings. The Kier molecular flexibility index (Phi) is 4.35. The van der Waals surface area contributed by atoms with Crippen molar-refractivity contribution < 1.29 is 24.3 Å². The Hall–Kier alpha value is -3.06. The highest BCUT2D eigenvalue weighted by molar-refractivity contribution is 6.01. The summed E-state index contributed by atoms with van der Waals surface area (Å²) in [4.78, 5) is 25.4. The minimum atomic E-state index is -0.653. The van der Waals surface area contributed by atoms with Crippen molar-refractivity contribution in [3.8, 4) is 11.5 Å². The second-order valence-electron chi connectivity index (χ2n) is 5.24. The highest BCUT2D eigenvalue weighted by Gasteiger charge is 2.26. The standard InChI is InChI=1S/C17H16N2O5/c1-23-13-5-2-11(3-6-13)9-19-14-8-12(17(21)18-22)4-7-15(14)24-10-16(19)20/h2-8,22H,9-10H2,1H3,(H,18,21). The highest BCUT2D eigenvalue weighted by atomic mass is 16.5. The molecule has 2 aromatic carbocycles. The first-order chi connectivity index (χ1) is 11.6. The fourth-order valence-electron chi connectivity index (χ4n) is 2.49. The van der Waals surface area contributed by atoms with Crippen LogP contribution in [0, 0.1) is 0 Å². The van der Waals surface area contributed by atoms with E-state index in [4.69, 9.17) is 14.7 Å². The number of nitrogens with one attached hydrogen (secondary N) is 1. The zero-order chi connectivity index (χ0) is 17.1. The quantitative estimate of drug-likeness (QED) is 0.659. The zero-order valence-electron chi connectivity index (χ0n) is 13.0. The van der Waals surface area contributed by atoms with Crippen molar-refractivity contribution in [2.45, 2.75) is 6.54 Å². The molecular weight excluding hydrogens is 312 g/mol. The van der Waals surface area contributed by atoms with Crippen LogP contribution in [0.5, 0.6) is 11.5 Å². The van der Waals surface area contributed by atoms with Crippen LogP contribution in [0.4, 0.5) is 5.69 Å². The van der Waals surface area contributed by atoms with Gasteiger partial charge < -0.3 is 14.4 Å². The molecule has 0 aliphatic carbocycles. The van der Waals surface area contributed by atoms with Crippen LogP contribution < -0.4 is 19.9 Å². The normalized spacial score (nSPS) is 13.1.